The van der Waals surface area contributed by atoms with Gasteiger partial charge in [0.05, 0.1) is 6.54 Å². The average Bonchev–Trinajstić information content (AvgIpc) is 3.04. The van der Waals surface area contributed by atoms with Crippen LogP contribution in [0.15, 0.2) is 22.5 Å². The van der Waals surface area contributed by atoms with Crippen molar-refractivity contribution in [2.75, 3.05) is 46.3 Å². The van der Waals surface area contributed by atoms with E-state index in [9.17, 15) is 0 Å². The van der Waals surface area contributed by atoms with Gasteiger partial charge in [0.1, 0.15) is 0 Å². The molecule has 1 N–H and O–H groups in total. The first-order valence-electron chi connectivity index (χ1n) is 8.45. The summed E-state index contributed by atoms with van der Waals surface area (Å²) in [6.45, 7) is 12.7. The van der Waals surface area contributed by atoms with Gasteiger partial charge >= 0.3 is 0 Å². The molecule has 1 heterocycles. The van der Waals surface area contributed by atoms with E-state index in [1.54, 1.807) is 0 Å². The number of nitrogens with zero attached hydrogens (tertiary/aromatic N) is 3. The van der Waals surface area contributed by atoms with E-state index in [0.29, 0.717) is 0 Å². The van der Waals surface area contributed by atoms with E-state index in [-0.39, 0.29) is 0 Å². The van der Waals surface area contributed by atoms with Gasteiger partial charge in [0, 0.05) is 31.6 Å². The highest BCUT2D eigenvalue weighted by molar-refractivity contribution is 7.09. The van der Waals surface area contributed by atoms with Crippen molar-refractivity contribution in [1.82, 2.24) is 15.1 Å². The number of nitrogens with one attached hydrogen (secondary N) is 1. The molecule has 0 fully saturated rings. The van der Waals surface area contributed by atoms with Crippen molar-refractivity contribution in [3.05, 3.63) is 22.4 Å². The number of rotatable bonds is 10. The molecule has 0 bridgehead atoms. The van der Waals surface area contributed by atoms with Gasteiger partial charge in [0.15, 0.2) is 5.96 Å². The number of hydrogen-bond acceptors (Lipinski definition) is 3. The third-order valence-corrected chi connectivity index (χ3v) is 4.57. The maximum atomic E-state index is 4.78. The molecule has 1 aromatic rings. The van der Waals surface area contributed by atoms with Crippen LogP contribution in [0.2, 0.25) is 0 Å². The monoisotopic (exact) mass is 324 g/mol. The van der Waals surface area contributed by atoms with E-state index >= 15 is 0 Å². The Kier molecular flexibility index (Phi) is 9.91. The fourth-order valence-electron chi connectivity index (χ4n) is 2.35. The maximum Gasteiger partial charge on any atom is 0.193 e. The lowest BCUT2D eigenvalue weighted by molar-refractivity contribution is 0.296. The Morgan fingerprint density at radius 1 is 1.23 bits per heavy atom. The van der Waals surface area contributed by atoms with Crippen LogP contribution in [0, 0.1) is 0 Å². The summed E-state index contributed by atoms with van der Waals surface area (Å²) in [7, 11) is 2.12. The third-order valence-electron chi connectivity index (χ3n) is 3.64. The van der Waals surface area contributed by atoms with E-state index in [1.807, 2.05) is 11.3 Å². The van der Waals surface area contributed by atoms with Crippen molar-refractivity contribution in [3.8, 4) is 0 Å². The molecule has 22 heavy (non-hydrogen) atoms. The Balaban J connectivity index is 2.45. The zero-order chi connectivity index (χ0) is 16.2. The summed E-state index contributed by atoms with van der Waals surface area (Å²) in [6, 6.07) is 4.32. The van der Waals surface area contributed by atoms with Crippen molar-refractivity contribution in [2.45, 2.75) is 33.6 Å². The second-order valence-corrected chi connectivity index (χ2v) is 6.45. The van der Waals surface area contributed by atoms with E-state index in [1.165, 1.54) is 11.3 Å². The molecule has 0 aliphatic rings. The van der Waals surface area contributed by atoms with Crippen LogP contribution in [0.1, 0.15) is 32.1 Å². The Morgan fingerprint density at radius 2 is 2.05 bits per heavy atom. The lowest BCUT2D eigenvalue weighted by Crippen LogP contribution is -2.40. The van der Waals surface area contributed by atoms with E-state index in [2.05, 4.69) is 60.4 Å². The van der Waals surface area contributed by atoms with Crippen LogP contribution >= 0.6 is 11.3 Å². The predicted molar refractivity (Wildman–Crippen MR) is 99.0 cm³/mol. The molecule has 0 spiro atoms. The Bertz CT molecular complexity index is 403. The van der Waals surface area contributed by atoms with Gasteiger partial charge in [-0.15, -0.1) is 11.3 Å². The van der Waals surface area contributed by atoms with Crippen molar-refractivity contribution in [2.24, 2.45) is 4.99 Å². The number of thiophene rings is 1. The predicted octanol–water partition coefficient (Wildman–Crippen LogP) is 2.92. The first kappa shape index (κ1) is 19.0. The fraction of sp³-hybridized carbons (Fsp3) is 0.706. The van der Waals surface area contributed by atoms with Gasteiger partial charge in [-0.25, -0.2) is 0 Å². The average molecular weight is 325 g/mol. The van der Waals surface area contributed by atoms with Crippen LogP contribution in [0.5, 0.6) is 0 Å². The lowest BCUT2D eigenvalue weighted by atomic mass is 10.3. The highest BCUT2D eigenvalue weighted by Gasteiger charge is 2.06. The van der Waals surface area contributed by atoms with Crippen molar-refractivity contribution in [3.63, 3.8) is 0 Å². The topological polar surface area (TPSA) is 30.9 Å². The second-order valence-electron chi connectivity index (χ2n) is 5.42. The molecular formula is C17H32N4S. The third kappa shape index (κ3) is 7.27. The molecule has 0 aromatic carbocycles. The van der Waals surface area contributed by atoms with Gasteiger partial charge in [-0.1, -0.05) is 19.9 Å². The molecule has 0 aliphatic carbocycles. The van der Waals surface area contributed by atoms with Crippen molar-refractivity contribution >= 4 is 17.3 Å². The zero-order valence-corrected chi connectivity index (χ0v) is 15.5. The van der Waals surface area contributed by atoms with Gasteiger partial charge in [-0.05, 0) is 44.3 Å². The maximum absolute atomic E-state index is 4.78. The first-order chi connectivity index (χ1) is 10.7. The van der Waals surface area contributed by atoms with Gasteiger partial charge in [-0.3, -0.25) is 4.99 Å². The molecular weight excluding hydrogens is 292 g/mol. The minimum Gasteiger partial charge on any atom is -0.357 e. The summed E-state index contributed by atoms with van der Waals surface area (Å²) in [5, 5.41) is 5.54. The smallest absolute Gasteiger partial charge is 0.193 e. The number of guanidine groups is 1. The molecule has 0 unspecified atom stereocenters. The quantitative estimate of drug-likeness (QED) is 0.530. The van der Waals surface area contributed by atoms with Gasteiger partial charge < -0.3 is 15.1 Å². The summed E-state index contributed by atoms with van der Waals surface area (Å²) >= 11 is 1.83. The lowest BCUT2D eigenvalue weighted by Gasteiger charge is -2.23. The van der Waals surface area contributed by atoms with E-state index < -0.39 is 0 Å². The number of aliphatic imine (C=N–C) groups is 1. The SMILES string of the molecule is CCCN(CC)CCN=C(NCC)N(C)CCc1cccs1. The summed E-state index contributed by atoms with van der Waals surface area (Å²) in [5.74, 6) is 1.02. The molecule has 1 aromatic heterocycles. The number of likely N-dealkylation sites (N-methyl/N-ethyl adjacent to an activating group) is 2. The highest BCUT2D eigenvalue weighted by atomic mass is 32.1. The minimum atomic E-state index is 0.861. The second kappa shape index (κ2) is 11.5. The normalized spacial score (nSPS) is 12.0. The molecule has 126 valence electrons. The Labute approximate surface area is 140 Å². The highest BCUT2D eigenvalue weighted by Crippen LogP contribution is 2.09. The summed E-state index contributed by atoms with van der Waals surface area (Å²) in [4.78, 5) is 10.9. The number of hydrogen-bond donors (Lipinski definition) is 1. The van der Waals surface area contributed by atoms with E-state index in [0.717, 1.165) is 51.6 Å². The van der Waals surface area contributed by atoms with Crippen LogP contribution < -0.4 is 5.32 Å². The van der Waals surface area contributed by atoms with Crippen LogP contribution in [-0.4, -0.2) is 62.1 Å². The van der Waals surface area contributed by atoms with Gasteiger partial charge in [-0.2, -0.15) is 0 Å². The van der Waals surface area contributed by atoms with Crippen molar-refractivity contribution < 1.29 is 0 Å². The van der Waals surface area contributed by atoms with Gasteiger partial charge in [0.2, 0.25) is 0 Å². The minimum absolute atomic E-state index is 0.861. The van der Waals surface area contributed by atoms with Crippen molar-refractivity contribution in [1.29, 1.82) is 0 Å². The molecule has 5 heteroatoms. The first-order valence-corrected chi connectivity index (χ1v) is 9.33. The summed E-state index contributed by atoms with van der Waals surface area (Å²) < 4.78 is 0. The molecule has 1 rings (SSSR count). The molecule has 0 saturated heterocycles. The Morgan fingerprint density at radius 3 is 2.64 bits per heavy atom. The molecule has 0 aliphatic heterocycles. The molecule has 0 atom stereocenters. The largest absolute Gasteiger partial charge is 0.357 e. The van der Waals surface area contributed by atoms with Crippen LogP contribution in [0.3, 0.4) is 0 Å². The molecule has 4 nitrogen and oxygen atoms in total. The van der Waals surface area contributed by atoms with Gasteiger partial charge in [0.25, 0.3) is 0 Å². The Hall–Kier alpha value is -1.07. The molecule has 0 amide bonds. The fourth-order valence-corrected chi connectivity index (χ4v) is 3.05. The van der Waals surface area contributed by atoms with Crippen LogP contribution in [0.25, 0.3) is 0 Å². The summed E-state index contributed by atoms with van der Waals surface area (Å²) in [6.07, 6.45) is 2.29. The van der Waals surface area contributed by atoms with E-state index in [4.69, 9.17) is 4.99 Å². The molecule has 0 radical (unpaired) electrons. The van der Waals surface area contributed by atoms with Crippen LogP contribution in [-0.2, 0) is 6.42 Å². The zero-order valence-electron chi connectivity index (χ0n) is 14.6. The molecule has 0 saturated carbocycles. The van der Waals surface area contributed by atoms with Crippen LogP contribution in [0.4, 0.5) is 0 Å². The standard InChI is InChI=1S/C17H32N4S/c1-5-12-21(7-3)14-11-19-17(18-6-2)20(4)13-10-16-9-8-15-22-16/h8-9,15H,5-7,10-14H2,1-4H3,(H,18,19). The summed E-state index contributed by atoms with van der Waals surface area (Å²) in [5.41, 5.74) is 0.